The number of aromatic amines is 1. The maximum absolute atomic E-state index is 12.6. The summed E-state index contributed by atoms with van der Waals surface area (Å²) in [6.07, 6.45) is 7.03. The lowest BCUT2D eigenvalue weighted by atomic mass is 10.1. The minimum atomic E-state index is -0.101. The van der Waals surface area contributed by atoms with Crippen molar-refractivity contribution in [2.24, 2.45) is 0 Å². The third-order valence-electron chi connectivity index (χ3n) is 5.22. The fraction of sp³-hybridized carbons (Fsp3) is 0.273. The van der Waals surface area contributed by atoms with Crippen LogP contribution in [-0.2, 0) is 6.42 Å². The van der Waals surface area contributed by atoms with Gasteiger partial charge >= 0.3 is 0 Å². The normalized spacial score (nSPS) is 15.6. The van der Waals surface area contributed by atoms with Crippen molar-refractivity contribution in [3.8, 4) is 11.5 Å². The van der Waals surface area contributed by atoms with E-state index in [0.717, 1.165) is 53.8 Å². The number of rotatable bonds is 5. The van der Waals surface area contributed by atoms with Gasteiger partial charge in [0.15, 0.2) is 0 Å². The van der Waals surface area contributed by atoms with Crippen molar-refractivity contribution >= 4 is 29.0 Å². The Kier molecular flexibility index (Phi) is 4.04. The summed E-state index contributed by atoms with van der Waals surface area (Å²) in [5.41, 5.74) is 4.43. The number of amides is 1. The Bertz CT molecular complexity index is 1100. The Labute approximate surface area is 162 Å². The van der Waals surface area contributed by atoms with Crippen LogP contribution in [0.4, 0.5) is 0 Å². The van der Waals surface area contributed by atoms with Crippen LogP contribution >= 0.6 is 0 Å². The summed E-state index contributed by atoms with van der Waals surface area (Å²) in [6.45, 7) is 0.747. The first kappa shape index (κ1) is 16.9. The zero-order chi connectivity index (χ0) is 19.1. The molecule has 1 saturated carbocycles. The van der Waals surface area contributed by atoms with E-state index in [2.05, 4.69) is 21.6 Å². The van der Waals surface area contributed by atoms with Gasteiger partial charge in [-0.3, -0.25) is 9.89 Å². The number of methoxy groups -OCH3 is 1. The molecule has 0 bridgehead atoms. The number of benzene rings is 2. The van der Waals surface area contributed by atoms with Crippen molar-refractivity contribution in [3.05, 3.63) is 52.7 Å². The predicted molar refractivity (Wildman–Crippen MR) is 108 cm³/mol. The first-order valence-corrected chi connectivity index (χ1v) is 9.52. The van der Waals surface area contributed by atoms with Gasteiger partial charge in [0.25, 0.3) is 5.91 Å². The monoisotopic (exact) mass is 375 g/mol. The highest BCUT2D eigenvalue weighted by molar-refractivity contribution is 6.05. The van der Waals surface area contributed by atoms with Crippen LogP contribution in [-0.4, -0.2) is 35.9 Å². The van der Waals surface area contributed by atoms with Crippen LogP contribution < -0.4 is 14.8 Å². The minimum absolute atomic E-state index is 0.101. The summed E-state index contributed by atoms with van der Waals surface area (Å²) < 4.78 is 11.2. The van der Waals surface area contributed by atoms with Crippen LogP contribution in [0.3, 0.4) is 0 Å². The number of carbonyl (C=O) groups excluding carboxylic acids is 1. The highest BCUT2D eigenvalue weighted by atomic mass is 16.5. The van der Waals surface area contributed by atoms with Gasteiger partial charge in [0.05, 0.1) is 35.9 Å². The van der Waals surface area contributed by atoms with Gasteiger partial charge in [-0.2, -0.15) is 5.10 Å². The van der Waals surface area contributed by atoms with Gasteiger partial charge in [-0.15, -0.1) is 0 Å². The number of hydrogen-bond donors (Lipinski definition) is 2. The predicted octanol–water partition coefficient (Wildman–Crippen LogP) is 3.57. The number of ether oxygens (including phenoxy) is 2. The molecule has 6 heteroatoms. The van der Waals surface area contributed by atoms with Crippen molar-refractivity contribution < 1.29 is 14.3 Å². The molecule has 1 fully saturated rings. The van der Waals surface area contributed by atoms with Crippen molar-refractivity contribution in [1.29, 1.82) is 0 Å². The Balaban J connectivity index is 1.51. The van der Waals surface area contributed by atoms with Crippen molar-refractivity contribution in [2.75, 3.05) is 13.7 Å². The number of hydrogen-bond acceptors (Lipinski definition) is 4. The van der Waals surface area contributed by atoms with E-state index in [0.29, 0.717) is 17.4 Å². The molecule has 5 rings (SSSR count). The number of nitrogens with one attached hydrogen (secondary N) is 2. The van der Waals surface area contributed by atoms with Crippen LogP contribution in [0.5, 0.6) is 11.5 Å². The van der Waals surface area contributed by atoms with Crippen LogP contribution in [0.25, 0.3) is 23.1 Å². The summed E-state index contributed by atoms with van der Waals surface area (Å²) in [5.74, 6) is 1.42. The fourth-order valence-electron chi connectivity index (χ4n) is 3.59. The van der Waals surface area contributed by atoms with E-state index in [4.69, 9.17) is 9.47 Å². The summed E-state index contributed by atoms with van der Waals surface area (Å²) in [7, 11) is 1.59. The molecule has 2 aliphatic rings. The van der Waals surface area contributed by atoms with Crippen molar-refractivity contribution in [1.82, 2.24) is 15.5 Å². The Hall–Kier alpha value is -3.28. The molecule has 2 aromatic carbocycles. The van der Waals surface area contributed by atoms with Gasteiger partial charge in [0.1, 0.15) is 11.5 Å². The second kappa shape index (κ2) is 6.71. The Morgan fingerprint density at radius 3 is 3.00 bits per heavy atom. The van der Waals surface area contributed by atoms with Gasteiger partial charge in [-0.25, -0.2) is 0 Å². The number of aromatic nitrogens is 2. The van der Waals surface area contributed by atoms with E-state index >= 15 is 0 Å². The highest BCUT2D eigenvalue weighted by Gasteiger charge is 2.26. The highest BCUT2D eigenvalue weighted by Crippen LogP contribution is 2.33. The van der Waals surface area contributed by atoms with E-state index < -0.39 is 0 Å². The molecule has 1 amide bonds. The molecular weight excluding hydrogens is 354 g/mol. The minimum Gasteiger partial charge on any atom is -0.495 e. The number of H-pyrrole nitrogens is 1. The van der Waals surface area contributed by atoms with Gasteiger partial charge in [-0.05, 0) is 54.3 Å². The average Bonchev–Trinajstić information content (AvgIpc) is 3.24. The summed E-state index contributed by atoms with van der Waals surface area (Å²) in [6, 6.07) is 10.1. The molecule has 1 aliphatic heterocycles. The van der Waals surface area contributed by atoms with Crippen LogP contribution in [0, 0.1) is 0 Å². The molecule has 0 saturated heterocycles. The topological polar surface area (TPSA) is 76.2 Å². The standard InChI is InChI=1S/C22H21N3O3/c1-27-21-16(22(26)23-15-4-5-15)6-8-18-20(21)17(24-25-18)7-2-13-3-9-19-14(12-13)10-11-28-19/h2-3,6-9,12,15H,4-5,10-11H2,1H3,(H,23,26)(H,24,25)/b7-2+. The maximum atomic E-state index is 12.6. The second-order valence-electron chi connectivity index (χ2n) is 7.22. The number of carbonyl (C=O) groups is 1. The number of fused-ring (bicyclic) bond motifs is 2. The molecule has 1 aromatic heterocycles. The third kappa shape index (κ3) is 3.01. The molecule has 2 N–H and O–H groups in total. The largest absolute Gasteiger partial charge is 0.495 e. The van der Waals surface area contributed by atoms with Gasteiger partial charge in [0.2, 0.25) is 0 Å². The lowest BCUT2D eigenvalue weighted by molar-refractivity contribution is 0.0948. The van der Waals surface area contributed by atoms with Crippen molar-refractivity contribution in [3.63, 3.8) is 0 Å². The Morgan fingerprint density at radius 1 is 1.29 bits per heavy atom. The molecule has 6 nitrogen and oxygen atoms in total. The lowest BCUT2D eigenvalue weighted by Crippen LogP contribution is -2.25. The quantitative estimate of drug-likeness (QED) is 0.715. The molecule has 3 aromatic rings. The van der Waals surface area contributed by atoms with Crippen molar-refractivity contribution in [2.45, 2.75) is 25.3 Å². The molecule has 0 atom stereocenters. The lowest BCUT2D eigenvalue weighted by Gasteiger charge is -2.10. The number of nitrogens with zero attached hydrogens (tertiary/aromatic N) is 1. The van der Waals surface area contributed by atoms with Gasteiger partial charge < -0.3 is 14.8 Å². The molecule has 0 radical (unpaired) electrons. The zero-order valence-electron chi connectivity index (χ0n) is 15.6. The smallest absolute Gasteiger partial charge is 0.255 e. The molecule has 142 valence electrons. The third-order valence-corrected chi connectivity index (χ3v) is 5.22. The van der Waals surface area contributed by atoms with E-state index in [1.807, 2.05) is 30.4 Å². The fourth-order valence-corrected chi connectivity index (χ4v) is 3.59. The van der Waals surface area contributed by atoms with E-state index in [1.165, 1.54) is 5.56 Å². The van der Waals surface area contributed by atoms with Crippen LogP contribution in [0.2, 0.25) is 0 Å². The Morgan fingerprint density at radius 2 is 2.18 bits per heavy atom. The van der Waals surface area contributed by atoms with Crippen LogP contribution in [0.15, 0.2) is 30.3 Å². The van der Waals surface area contributed by atoms with E-state index in [1.54, 1.807) is 13.2 Å². The second-order valence-corrected chi connectivity index (χ2v) is 7.22. The summed E-state index contributed by atoms with van der Waals surface area (Å²) in [4.78, 5) is 12.6. The molecule has 2 heterocycles. The molecule has 0 unspecified atom stereocenters. The first-order valence-electron chi connectivity index (χ1n) is 9.52. The van der Waals surface area contributed by atoms with E-state index in [9.17, 15) is 4.79 Å². The zero-order valence-corrected chi connectivity index (χ0v) is 15.6. The maximum Gasteiger partial charge on any atom is 0.255 e. The molecule has 28 heavy (non-hydrogen) atoms. The van der Waals surface area contributed by atoms with Gasteiger partial charge in [0, 0.05) is 12.5 Å². The molecule has 0 spiro atoms. The average molecular weight is 375 g/mol. The van der Waals surface area contributed by atoms with E-state index in [-0.39, 0.29) is 5.91 Å². The SMILES string of the molecule is COc1c(C(=O)NC2CC2)ccc2n[nH]c(/C=C/c3ccc4c(c3)CCO4)c12. The summed E-state index contributed by atoms with van der Waals surface area (Å²) in [5, 5.41) is 11.3. The molecule has 1 aliphatic carbocycles. The summed E-state index contributed by atoms with van der Waals surface area (Å²) >= 11 is 0. The van der Waals surface area contributed by atoms with Crippen LogP contribution in [0.1, 0.15) is 40.0 Å². The first-order chi connectivity index (χ1) is 13.7. The van der Waals surface area contributed by atoms with Gasteiger partial charge in [-0.1, -0.05) is 12.1 Å². The molecular formula is C22H21N3O3.